The molecule has 1 amide bonds. The van der Waals surface area contributed by atoms with Crippen LogP contribution < -0.4 is 10.6 Å². The van der Waals surface area contributed by atoms with Crippen molar-refractivity contribution in [2.24, 2.45) is 0 Å². The van der Waals surface area contributed by atoms with E-state index in [0.717, 1.165) is 12.8 Å². The highest BCUT2D eigenvalue weighted by atomic mass is 16.5. The van der Waals surface area contributed by atoms with Crippen molar-refractivity contribution < 1.29 is 14.3 Å². The first kappa shape index (κ1) is 19.0. The minimum atomic E-state index is -0.608. The van der Waals surface area contributed by atoms with Crippen molar-refractivity contribution in [3.63, 3.8) is 0 Å². The van der Waals surface area contributed by atoms with Gasteiger partial charge in [0.05, 0.1) is 17.9 Å². The minimum Gasteiger partial charge on any atom is -0.462 e. The van der Waals surface area contributed by atoms with Crippen LogP contribution in [0.4, 0.5) is 5.69 Å². The van der Waals surface area contributed by atoms with Gasteiger partial charge in [0.25, 0.3) is 5.91 Å². The standard InChI is InChI=1S/C18H21N3O3/c1-3-5-11-24-18(23)15-8-6-7-9-16(15)21-17(22)14(12-19)13-20-10-4-2/h4,6-9,13,20H,2-3,5,10-11H2,1H3,(H,21,22)/b14-13-. The lowest BCUT2D eigenvalue weighted by Gasteiger charge is -2.10. The minimum absolute atomic E-state index is 0.106. The fourth-order valence-electron chi connectivity index (χ4n) is 1.74. The van der Waals surface area contributed by atoms with E-state index >= 15 is 0 Å². The van der Waals surface area contributed by atoms with Gasteiger partial charge in [0, 0.05) is 12.7 Å². The van der Waals surface area contributed by atoms with E-state index in [1.165, 1.54) is 6.20 Å². The van der Waals surface area contributed by atoms with Crippen molar-refractivity contribution in [3.8, 4) is 6.07 Å². The highest BCUT2D eigenvalue weighted by Crippen LogP contribution is 2.17. The molecule has 24 heavy (non-hydrogen) atoms. The zero-order valence-corrected chi connectivity index (χ0v) is 13.7. The van der Waals surface area contributed by atoms with Crippen LogP contribution in [0.25, 0.3) is 0 Å². The lowest BCUT2D eigenvalue weighted by molar-refractivity contribution is -0.112. The second-order valence-corrected chi connectivity index (χ2v) is 4.86. The molecule has 0 atom stereocenters. The Morgan fingerprint density at radius 1 is 1.38 bits per heavy atom. The summed E-state index contributed by atoms with van der Waals surface area (Å²) in [5, 5.41) is 14.4. The molecule has 0 fully saturated rings. The Morgan fingerprint density at radius 3 is 2.79 bits per heavy atom. The first-order valence-corrected chi connectivity index (χ1v) is 7.66. The van der Waals surface area contributed by atoms with Crippen molar-refractivity contribution in [2.45, 2.75) is 19.8 Å². The van der Waals surface area contributed by atoms with E-state index in [1.807, 2.05) is 13.0 Å². The average Bonchev–Trinajstić information content (AvgIpc) is 2.59. The van der Waals surface area contributed by atoms with Gasteiger partial charge >= 0.3 is 5.97 Å². The van der Waals surface area contributed by atoms with Crippen molar-refractivity contribution in [1.29, 1.82) is 5.26 Å². The summed E-state index contributed by atoms with van der Waals surface area (Å²) in [5.41, 5.74) is 0.443. The summed E-state index contributed by atoms with van der Waals surface area (Å²) < 4.78 is 5.16. The Balaban J connectivity index is 2.85. The largest absolute Gasteiger partial charge is 0.462 e. The van der Waals surface area contributed by atoms with Crippen LogP contribution in [0.1, 0.15) is 30.1 Å². The highest BCUT2D eigenvalue weighted by Gasteiger charge is 2.16. The molecule has 0 saturated heterocycles. The predicted octanol–water partition coefficient (Wildman–Crippen LogP) is 2.77. The summed E-state index contributed by atoms with van der Waals surface area (Å²) >= 11 is 0. The molecule has 0 radical (unpaired) electrons. The molecular formula is C18H21N3O3. The second kappa shape index (κ2) is 10.6. The Labute approximate surface area is 141 Å². The van der Waals surface area contributed by atoms with Gasteiger partial charge in [-0.25, -0.2) is 4.79 Å². The van der Waals surface area contributed by atoms with E-state index in [4.69, 9.17) is 10.00 Å². The maximum Gasteiger partial charge on any atom is 0.340 e. The number of benzene rings is 1. The van der Waals surface area contributed by atoms with Crippen LogP contribution in [0.2, 0.25) is 0 Å². The molecule has 0 aliphatic heterocycles. The predicted molar refractivity (Wildman–Crippen MR) is 92.2 cm³/mol. The lowest BCUT2D eigenvalue weighted by atomic mass is 10.1. The van der Waals surface area contributed by atoms with Gasteiger partial charge in [0.1, 0.15) is 11.6 Å². The van der Waals surface area contributed by atoms with Crippen LogP contribution in [-0.2, 0) is 9.53 Å². The van der Waals surface area contributed by atoms with Crippen molar-refractivity contribution in [3.05, 3.63) is 54.3 Å². The van der Waals surface area contributed by atoms with E-state index < -0.39 is 11.9 Å². The molecule has 126 valence electrons. The lowest BCUT2D eigenvalue weighted by Crippen LogP contribution is -2.19. The van der Waals surface area contributed by atoms with Crippen LogP contribution in [0, 0.1) is 11.3 Å². The molecule has 1 rings (SSSR count). The summed E-state index contributed by atoms with van der Waals surface area (Å²) in [6, 6.07) is 8.32. The maximum absolute atomic E-state index is 12.2. The smallest absolute Gasteiger partial charge is 0.340 e. The number of hydrogen-bond donors (Lipinski definition) is 2. The van der Waals surface area contributed by atoms with Crippen LogP contribution in [-0.4, -0.2) is 25.0 Å². The molecule has 0 bridgehead atoms. The third-order valence-electron chi connectivity index (χ3n) is 3.00. The van der Waals surface area contributed by atoms with Gasteiger partial charge in [0.15, 0.2) is 0 Å². The quantitative estimate of drug-likeness (QED) is 0.239. The van der Waals surface area contributed by atoms with Gasteiger partial charge in [-0.05, 0) is 18.6 Å². The topological polar surface area (TPSA) is 91.2 Å². The number of carbonyl (C=O) groups is 2. The fraction of sp³-hybridized carbons (Fsp3) is 0.278. The molecule has 0 aliphatic carbocycles. The molecule has 6 heteroatoms. The van der Waals surface area contributed by atoms with Gasteiger partial charge in [-0.15, -0.1) is 6.58 Å². The van der Waals surface area contributed by atoms with Crippen molar-refractivity contribution >= 4 is 17.6 Å². The number of anilines is 1. The third kappa shape index (κ3) is 5.97. The average molecular weight is 327 g/mol. The number of ether oxygens (including phenoxy) is 1. The van der Waals surface area contributed by atoms with E-state index in [-0.39, 0.29) is 11.1 Å². The van der Waals surface area contributed by atoms with Crippen LogP contribution in [0.5, 0.6) is 0 Å². The number of unbranched alkanes of at least 4 members (excludes halogenated alkanes) is 1. The zero-order chi connectivity index (χ0) is 17.8. The molecule has 2 N–H and O–H groups in total. The summed E-state index contributed by atoms with van der Waals surface area (Å²) in [4.78, 5) is 24.2. The Hall–Kier alpha value is -3.07. The molecule has 0 spiro atoms. The molecule has 1 aromatic carbocycles. The molecule has 6 nitrogen and oxygen atoms in total. The number of amides is 1. The third-order valence-corrected chi connectivity index (χ3v) is 3.00. The van der Waals surface area contributed by atoms with Gasteiger partial charge in [-0.2, -0.15) is 5.26 Å². The van der Waals surface area contributed by atoms with Crippen LogP contribution in [0.3, 0.4) is 0 Å². The van der Waals surface area contributed by atoms with Gasteiger partial charge in [-0.3, -0.25) is 4.79 Å². The van der Waals surface area contributed by atoms with E-state index in [0.29, 0.717) is 18.8 Å². The number of nitrogens with one attached hydrogen (secondary N) is 2. The SMILES string of the molecule is C=CCN/C=C(/C#N)C(=O)Nc1ccccc1C(=O)OCCCC. The number of hydrogen-bond acceptors (Lipinski definition) is 5. The normalized spacial score (nSPS) is 10.4. The highest BCUT2D eigenvalue weighted by molar-refractivity contribution is 6.09. The van der Waals surface area contributed by atoms with Gasteiger partial charge in [-0.1, -0.05) is 31.6 Å². The van der Waals surface area contributed by atoms with E-state index in [1.54, 1.807) is 30.3 Å². The number of rotatable bonds is 9. The molecule has 0 aromatic heterocycles. The Bertz CT molecular complexity index is 660. The Kier molecular flexibility index (Phi) is 8.40. The number of para-hydroxylation sites is 1. The molecule has 1 aromatic rings. The van der Waals surface area contributed by atoms with Crippen molar-refractivity contribution in [1.82, 2.24) is 5.32 Å². The van der Waals surface area contributed by atoms with Gasteiger partial charge < -0.3 is 15.4 Å². The number of esters is 1. The maximum atomic E-state index is 12.2. The molecule has 0 aliphatic rings. The molecular weight excluding hydrogens is 306 g/mol. The van der Waals surface area contributed by atoms with Crippen LogP contribution in [0.15, 0.2) is 48.7 Å². The summed E-state index contributed by atoms with van der Waals surface area (Å²) in [5.74, 6) is -1.12. The molecule has 0 heterocycles. The molecule has 0 unspecified atom stereocenters. The van der Waals surface area contributed by atoms with Crippen molar-refractivity contribution in [2.75, 3.05) is 18.5 Å². The van der Waals surface area contributed by atoms with Gasteiger partial charge in [0.2, 0.25) is 0 Å². The zero-order valence-electron chi connectivity index (χ0n) is 13.7. The first-order chi connectivity index (χ1) is 11.6. The van der Waals surface area contributed by atoms with E-state index in [2.05, 4.69) is 17.2 Å². The fourth-order valence-corrected chi connectivity index (χ4v) is 1.74. The first-order valence-electron chi connectivity index (χ1n) is 7.66. The number of nitrogens with zero attached hydrogens (tertiary/aromatic N) is 1. The molecule has 0 saturated carbocycles. The number of nitriles is 1. The summed E-state index contributed by atoms with van der Waals surface area (Å²) in [6.07, 6.45) is 4.60. The Morgan fingerprint density at radius 2 is 2.12 bits per heavy atom. The second-order valence-electron chi connectivity index (χ2n) is 4.86. The monoisotopic (exact) mass is 327 g/mol. The summed E-state index contributed by atoms with van der Waals surface area (Å²) in [6.45, 7) is 6.28. The number of carbonyl (C=O) groups excluding carboxylic acids is 2. The van der Waals surface area contributed by atoms with Crippen LogP contribution >= 0.6 is 0 Å². The van der Waals surface area contributed by atoms with E-state index in [9.17, 15) is 9.59 Å². The summed E-state index contributed by atoms with van der Waals surface area (Å²) in [7, 11) is 0.